The second-order valence-electron chi connectivity index (χ2n) is 9.41. The van der Waals surface area contributed by atoms with Gasteiger partial charge < -0.3 is 19.1 Å². The number of nitrogens with zero attached hydrogens (tertiary/aromatic N) is 5. The summed E-state index contributed by atoms with van der Waals surface area (Å²) in [5.41, 5.74) is 2.55. The number of amides is 1. The topological polar surface area (TPSA) is 82.0 Å². The zero-order valence-electron chi connectivity index (χ0n) is 20.9. The van der Waals surface area contributed by atoms with Gasteiger partial charge in [-0.15, -0.1) is 5.10 Å². The van der Waals surface area contributed by atoms with E-state index in [1.54, 1.807) is 17.9 Å². The van der Waals surface area contributed by atoms with Gasteiger partial charge in [0, 0.05) is 38.6 Å². The summed E-state index contributed by atoms with van der Waals surface area (Å²) in [6.07, 6.45) is 4.48. The van der Waals surface area contributed by atoms with Crippen LogP contribution in [0.15, 0.2) is 48.7 Å². The molecular formula is C27H33N5O4. The molecule has 1 aromatic heterocycles. The third kappa shape index (κ3) is 5.62. The largest absolute Gasteiger partial charge is 0.497 e. The van der Waals surface area contributed by atoms with Crippen molar-refractivity contribution in [1.82, 2.24) is 24.8 Å². The molecule has 0 aliphatic carbocycles. The van der Waals surface area contributed by atoms with Crippen LogP contribution in [0.1, 0.15) is 40.9 Å². The van der Waals surface area contributed by atoms with E-state index in [2.05, 4.69) is 34.4 Å². The molecule has 3 aromatic rings. The monoisotopic (exact) mass is 491 g/mol. The van der Waals surface area contributed by atoms with E-state index in [1.807, 2.05) is 35.4 Å². The summed E-state index contributed by atoms with van der Waals surface area (Å²) in [5, 5.41) is 8.40. The van der Waals surface area contributed by atoms with E-state index in [-0.39, 0.29) is 5.91 Å². The minimum absolute atomic E-state index is 0.0105. The second kappa shape index (κ2) is 11.0. The van der Waals surface area contributed by atoms with Crippen LogP contribution in [-0.4, -0.2) is 70.6 Å². The number of hydrogen-bond acceptors (Lipinski definition) is 7. The Bertz CT molecular complexity index is 1170. The molecule has 2 aromatic carbocycles. The van der Waals surface area contributed by atoms with Gasteiger partial charge in [0.25, 0.3) is 5.91 Å². The van der Waals surface area contributed by atoms with Gasteiger partial charge in [-0.25, -0.2) is 0 Å². The smallest absolute Gasteiger partial charge is 0.257 e. The Morgan fingerprint density at radius 3 is 2.61 bits per heavy atom. The van der Waals surface area contributed by atoms with Crippen LogP contribution in [-0.2, 0) is 19.7 Å². The first-order valence-electron chi connectivity index (χ1n) is 12.5. The maximum absolute atomic E-state index is 13.5. The molecule has 9 nitrogen and oxygen atoms in total. The van der Waals surface area contributed by atoms with E-state index < -0.39 is 0 Å². The molecule has 190 valence electrons. The van der Waals surface area contributed by atoms with E-state index in [9.17, 15) is 4.79 Å². The van der Waals surface area contributed by atoms with Gasteiger partial charge in [-0.1, -0.05) is 17.3 Å². The van der Waals surface area contributed by atoms with Crippen molar-refractivity contribution in [2.24, 2.45) is 0 Å². The fourth-order valence-corrected chi connectivity index (χ4v) is 4.80. The summed E-state index contributed by atoms with van der Waals surface area (Å²) in [6.45, 7) is 3.75. The molecule has 1 amide bonds. The third-order valence-corrected chi connectivity index (χ3v) is 6.91. The SMILES string of the molecule is COc1ccc2c(c1)C(=O)N1CCC(CC1)N(C)Cc1ccc(cc1)OCc1cn(nn1)CCCO2. The van der Waals surface area contributed by atoms with Crippen LogP contribution < -0.4 is 14.2 Å². The number of carbonyl (C=O) groups is 1. The Morgan fingerprint density at radius 2 is 1.83 bits per heavy atom. The molecule has 1 fully saturated rings. The zero-order valence-corrected chi connectivity index (χ0v) is 20.9. The van der Waals surface area contributed by atoms with Crippen molar-refractivity contribution in [1.29, 1.82) is 0 Å². The van der Waals surface area contributed by atoms with E-state index in [4.69, 9.17) is 14.2 Å². The summed E-state index contributed by atoms with van der Waals surface area (Å²) >= 11 is 0. The first kappa shape index (κ1) is 24.1. The van der Waals surface area contributed by atoms with Crippen molar-refractivity contribution in [2.75, 3.05) is 33.9 Å². The molecule has 1 saturated heterocycles. The molecule has 0 saturated carbocycles. The highest BCUT2D eigenvalue weighted by Gasteiger charge is 2.28. The number of methoxy groups -OCH3 is 1. The Hall–Kier alpha value is -3.59. The predicted molar refractivity (Wildman–Crippen MR) is 134 cm³/mol. The van der Waals surface area contributed by atoms with Crippen LogP contribution in [0.2, 0.25) is 0 Å². The molecule has 0 N–H and O–H groups in total. The van der Waals surface area contributed by atoms with Crippen LogP contribution in [0.4, 0.5) is 0 Å². The first-order valence-corrected chi connectivity index (χ1v) is 12.5. The van der Waals surface area contributed by atoms with Gasteiger partial charge in [0.2, 0.25) is 0 Å². The highest BCUT2D eigenvalue weighted by Crippen LogP contribution is 2.28. The Kier molecular flexibility index (Phi) is 7.36. The first-order chi connectivity index (χ1) is 17.6. The zero-order chi connectivity index (χ0) is 24.9. The van der Waals surface area contributed by atoms with Crippen molar-refractivity contribution >= 4 is 5.91 Å². The van der Waals surface area contributed by atoms with E-state index in [0.29, 0.717) is 56.0 Å². The van der Waals surface area contributed by atoms with E-state index >= 15 is 0 Å². The summed E-state index contributed by atoms with van der Waals surface area (Å²) in [6, 6.07) is 14.1. The fourth-order valence-electron chi connectivity index (χ4n) is 4.80. The normalized spacial score (nSPS) is 18.1. The Labute approximate surface area is 211 Å². The summed E-state index contributed by atoms with van der Waals surface area (Å²) in [5.74, 6) is 2.03. The quantitative estimate of drug-likeness (QED) is 0.516. The number of piperidine rings is 1. The standard InChI is InChI=1S/C27H33N5O4/c1-30-17-20-4-6-23(7-5-20)36-19-21-18-32(29-28-21)12-3-15-35-26-9-8-24(34-2)16-25(26)27(33)31-13-10-22(30)11-14-31/h4-9,16,18,22H,3,10-15,17,19H2,1-2H3. The molecule has 0 spiro atoms. The average Bonchev–Trinajstić information content (AvgIpc) is 3.37. The predicted octanol–water partition coefficient (Wildman–Crippen LogP) is 3.38. The number of carbonyl (C=O) groups excluding carboxylic acids is 1. The van der Waals surface area contributed by atoms with Crippen molar-refractivity contribution in [3.05, 3.63) is 65.5 Å². The third-order valence-electron chi connectivity index (χ3n) is 6.91. The molecule has 4 aliphatic rings. The van der Waals surface area contributed by atoms with Gasteiger partial charge >= 0.3 is 0 Å². The minimum Gasteiger partial charge on any atom is -0.497 e. The van der Waals surface area contributed by atoms with E-state index in [1.165, 1.54) is 5.56 Å². The molecule has 4 aliphatic heterocycles. The van der Waals surface area contributed by atoms with Gasteiger partial charge in [0.05, 0.1) is 25.5 Å². The Balaban J connectivity index is 1.36. The minimum atomic E-state index is -0.0105. The van der Waals surface area contributed by atoms with Crippen LogP contribution in [0.25, 0.3) is 0 Å². The number of aryl methyl sites for hydroxylation is 1. The summed E-state index contributed by atoms with van der Waals surface area (Å²) in [4.78, 5) is 17.8. The van der Waals surface area contributed by atoms with Crippen LogP contribution >= 0.6 is 0 Å². The van der Waals surface area contributed by atoms with Crippen molar-refractivity contribution in [3.63, 3.8) is 0 Å². The molecule has 5 heterocycles. The fraction of sp³-hybridized carbons (Fsp3) is 0.444. The lowest BCUT2D eigenvalue weighted by Gasteiger charge is -2.37. The van der Waals surface area contributed by atoms with Crippen molar-refractivity contribution in [3.8, 4) is 17.2 Å². The Morgan fingerprint density at radius 1 is 1.03 bits per heavy atom. The van der Waals surface area contributed by atoms with Crippen molar-refractivity contribution < 1.29 is 19.0 Å². The number of rotatable bonds is 1. The van der Waals surface area contributed by atoms with E-state index in [0.717, 1.165) is 37.3 Å². The number of aromatic nitrogens is 3. The highest BCUT2D eigenvalue weighted by molar-refractivity contribution is 5.97. The van der Waals surface area contributed by atoms with Gasteiger partial charge in [0.1, 0.15) is 29.5 Å². The van der Waals surface area contributed by atoms with Crippen LogP contribution in [0.3, 0.4) is 0 Å². The lowest BCUT2D eigenvalue weighted by molar-refractivity contribution is 0.0635. The maximum Gasteiger partial charge on any atom is 0.257 e. The highest BCUT2D eigenvalue weighted by atomic mass is 16.5. The number of ether oxygens (including phenoxy) is 3. The summed E-state index contributed by atoms with van der Waals surface area (Å²) in [7, 11) is 3.76. The lowest BCUT2D eigenvalue weighted by atomic mass is 10.0. The molecule has 0 unspecified atom stereocenters. The molecule has 36 heavy (non-hydrogen) atoms. The van der Waals surface area contributed by atoms with Gasteiger partial charge in [-0.05, 0) is 55.8 Å². The maximum atomic E-state index is 13.5. The van der Waals surface area contributed by atoms with Crippen LogP contribution in [0, 0.1) is 0 Å². The number of benzene rings is 2. The average molecular weight is 492 g/mol. The van der Waals surface area contributed by atoms with Crippen molar-refractivity contribution in [2.45, 2.75) is 45.0 Å². The molecule has 9 heteroatoms. The number of fused-ring (bicyclic) bond motifs is 2. The van der Waals surface area contributed by atoms with Gasteiger partial charge in [-0.2, -0.15) is 0 Å². The van der Waals surface area contributed by atoms with Gasteiger partial charge in [0.15, 0.2) is 0 Å². The lowest BCUT2D eigenvalue weighted by Crippen LogP contribution is -2.45. The van der Waals surface area contributed by atoms with Gasteiger partial charge in [-0.3, -0.25) is 14.4 Å². The number of hydrogen-bond donors (Lipinski definition) is 0. The molecule has 7 rings (SSSR count). The molecule has 0 radical (unpaired) electrons. The summed E-state index contributed by atoms with van der Waals surface area (Å²) < 4.78 is 19.1. The molecule has 0 atom stereocenters. The molecule has 6 bridgehead atoms. The van der Waals surface area contributed by atoms with Crippen LogP contribution in [0.5, 0.6) is 17.2 Å². The molecular weight excluding hydrogens is 458 g/mol. The second-order valence-corrected chi connectivity index (χ2v) is 9.41.